The van der Waals surface area contributed by atoms with Gasteiger partial charge in [-0.1, -0.05) is 0 Å². The third kappa shape index (κ3) is 4.19. The lowest BCUT2D eigenvalue weighted by Gasteiger charge is -2.56. The number of carbonyl (C=O) groups excluding carboxylic acids is 1. The number of halogens is 2. The largest absolute Gasteiger partial charge is 0.395 e. The van der Waals surface area contributed by atoms with Crippen LogP contribution in [0.3, 0.4) is 0 Å². The summed E-state index contributed by atoms with van der Waals surface area (Å²) < 4.78 is 30.0. The average Bonchev–Trinajstić information content (AvgIpc) is 2.83. The van der Waals surface area contributed by atoms with Crippen LogP contribution >= 0.6 is 0 Å². The van der Waals surface area contributed by atoms with E-state index in [-0.39, 0.29) is 34.4 Å². The molecule has 4 bridgehead atoms. The number of rotatable bonds is 6. The number of pyridine rings is 2. The number of aromatic nitrogens is 2. The maximum Gasteiger partial charge on any atom is 0.257 e. The van der Waals surface area contributed by atoms with Gasteiger partial charge in [0.15, 0.2) is 5.65 Å². The van der Waals surface area contributed by atoms with Crippen LogP contribution in [-0.4, -0.2) is 46.3 Å². The van der Waals surface area contributed by atoms with Crippen molar-refractivity contribution >= 4 is 22.8 Å². The lowest BCUT2D eigenvalue weighted by Crippen LogP contribution is -2.60. The van der Waals surface area contributed by atoms with Gasteiger partial charge in [0.05, 0.1) is 17.7 Å². The van der Waals surface area contributed by atoms with Gasteiger partial charge in [-0.15, -0.1) is 0 Å². The first-order valence-corrected chi connectivity index (χ1v) is 12.9. The molecular weight excluding hydrogens is 478 g/mol. The van der Waals surface area contributed by atoms with Crippen LogP contribution in [0.4, 0.5) is 14.6 Å². The van der Waals surface area contributed by atoms with Crippen LogP contribution in [0.1, 0.15) is 48.9 Å². The third-order valence-corrected chi connectivity index (χ3v) is 8.49. The summed E-state index contributed by atoms with van der Waals surface area (Å²) in [6.45, 7) is 0.207. The normalized spacial score (nSPS) is 26.0. The van der Waals surface area contributed by atoms with E-state index in [1.807, 2.05) is 0 Å². The number of carbonyl (C=O) groups is 1. The van der Waals surface area contributed by atoms with E-state index in [0.717, 1.165) is 31.4 Å². The molecule has 2 N–H and O–H groups in total. The molecule has 3 aromatic rings. The minimum absolute atomic E-state index is 0.0234. The van der Waals surface area contributed by atoms with Gasteiger partial charge in [-0.05, 0) is 80.5 Å². The number of hydrogen-bond acceptors (Lipinski definition) is 5. The highest BCUT2D eigenvalue weighted by Gasteiger charge is 2.51. The molecule has 0 aliphatic heterocycles. The van der Waals surface area contributed by atoms with Gasteiger partial charge in [0.2, 0.25) is 5.43 Å². The highest BCUT2D eigenvalue weighted by Crippen LogP contribution is 2.55. The summed E-state index contributed by atoms with van der Waals surface area (Å²) in [5.41, 5.74) is -0.757. The fourth-order valence-electron chi connectivity index (χ4n) is 7.26. The highest BCUT2D eigenvalue weighted by molar-refractivity contribution is 5.97. The van der Waals surface area contributed by atoms with Crippen molar-refractivity contribution in [1.82, 2.24) is 14.9 Å². The molecule has 4 saturated carbocycles. The van der Waals surface area contributed by atoms with Crippen molar-refractivity contribution in [2.45, 2.75) is 44.1 Å². The minimum atomic E-state index is -0.840. The Morgan fingerprint density at radius 2 is 1.81 bits per heavy atom. The second-order valence-electron chi connectivity index (χ2n) is 11.2. The van der Waals surface area contributed by atoms with Gasteiger partial charge in [-0.3, -0.25) is 14.2 Å². The Hall–Kier alpha value is -3.33. The molecule has 0 saturated heterocycles. The van der Waals surface area contributed by atoms with E-state index in [1.165, 1.54) is 36.1 Å². The number of benzene rings is 1. The topological polar surface area (TPSA) is 87.5 Å². The predicted octanol–water partition coefficient (Wildman–Crippen LogP) is 3.79. The number of fused-ring (bicyclic) bond motifs is 1. The molecule has 37 heavy (non-hydrogen) atoms. The Morgan fingerprint density at radius 1 is 1.14 bits per heavy atom. The number of nitrogens with zero attached hydrogens (tertiary/aromatic N) is 3. The first-order chi connectivity index (χ1) is 17.7. The molecule has 7 nitrogen and oxygen atoms in total. The molecule has 4 aliphatic rings. The molecule has 0 radical (unpaired) electrons. The molecular formula is C28H30F2N4O3. The number of anilines is 1. The summed E-state index contributed by atoms with van der Waals surface area (Å²) in [5.74, 6) is 0.274. The minimum Gasteiger partial charge on any atom is -0.395 e. The number of hydrogen-bond donors (Lipinski definition) is 2. The monoisotopic (exact) mass is 508 g/mol. The Morgan fingerprint density at radius 3 is 2.43 bits per heavy atom. The summed E-state index contributed by atoms with van der Waals surface area (Å²) in [7, 11) is 1.73. The van der Waals surface area contributed by atoms with Crippen LogP contribution in [0, 0.1) is 29.4 Å². The Bertz CT molecular complexity index is 1420. The van der Waals surface area contributed by atoms with Gasteiger partial charge in [-0.2, -0.15) is 0 Å². The number of amides is 1. The first kappa shape index (κ1) is 24.0. The van der Waals surface area contributed by atoms with Crippen LogP contribution in [0.2, 0.25) is 0 Å². The molecule has 7 rings (SSSR count). The number of likely N-dealkylation sites (N-methyl/N-ethyl adjacent to an activating group) is 1. The molecule has 0 spiro atoms. The van der Waals surface area contributed by atoms with E-state index < -0.39 is 23.0 Å². The average molecular weight is 509 g/mol. The quantitative estimate of drug-likeness (QED) is 0.529. The standard InChI is InChI=1S/C28H30F2N4O3/c1-33(6-7-35)24-5-3-20-25(36)21(15-34(26(20)31-24)23-4-2-19(29)11-22(23)30)27(37)32-28-12-16-8-17(13-28)10-18(9-16)14-28/h2-5,11,15-18,35H,6-10,12-14H2,1H3,(H,32,37). The van der Waals surface area contributed by atoms with Gasteiger partial charge in [0.1, 0.15) is 23.0 Å². The van der Waals surface area contributed by atoms with Crippen LogP contribution < -0.4 is 15.6 Å². The molecule has 9 heteroatoms. The van der Waals surface area contributed by atoms with Crippen LogP contribution in [0.25, 0.3) is 16.7 Å². The van der Waals surface area contributed by atoms with Gasteiger partial charge in [-0.25, -0.2) is 13.8 Å². The third-order valence-electron chi connectivity index (χ3n) is 8.49. The van der Waals surface area contributed by atoms with Crippen molar-refractivity contribution in [3.8, 4) is 5.69 Å². The number of nitrogens with one attached hydrogen (secondary N) is 1. The van der Waals surface area contributed by atoms with Gasteiger partial charge < -0.3 is 15.3 Å². The Labute approximate surface area is 213 Å². The maximum atomic E-state index is 15.0. The van der Waals surface area contributed by atoms with Gasteiger partial charge in [0.25, 0.3) is 5.91 Å². The SMILES string of the molecule is CN(CCO)c1ccc2c(=O)c(C(=O)NC34CC5CC(CC(C5)C3)C4)cn(-c3ccc(F)cc3F)c2n1. The maximum absolute atomic E-state index is 15.0. The molecule has 4 aliphatic carbocycles. The van der Waals surface area contributed by atoms with Crippen molar-refractivity contribution in [2.75, 3.05) is 25.1 Å². The zero-order valence-electron chi connectivity index (χ0n) is 20.7. The van der Waals surface area contributed by atoms with Crippen molar-refractivity contribution < 1.29 is 18.7 Å². The van der Waals surface area contributed by atoms with Crippen LogP contribution in [0.15, 0.2) is 41.3 Å². The van der Waals surface area contributed by atoms with E-state index in [1.54, 1.807) is 24.1 Å². The number of aliphatic hydroxyl groups is 1. The van der Waals surface area contributed by atoms with E-state index in [2.05, 4.69) is 10.3 Å². The van der Waals surface area contributed by atoms with E-state index in [0.29, 0.717) is 30.1 Å². The second kappa shape index (κ2) is 8.90. The lowest BCUT2D eigenvalue weighted by atomic mass is 9.53. The zero-order chi connectivity index (χ0) is 25.9. The molecule has 2 heterocycles. The summed E-state index contributed by atoms with van der Waals surface area (Å²) in [6.07, 6.45) is 7.78. The van der Waals surface area contributed by atoms with Crippen molar-refractivity contribution in [1.29, 1.82) is 0 Å². The summed E-state index contributed by atoms with van der Waals surface area (Å²) in [6, 6.07) is 6.34. The molecule has 1 aromatic carbocycles. The fourth-order valence-corrected chi connectivity index (χ4v) is 7.26. The summed E-state index contributed by atoms with van der Waals surface area (Å²) in [5, 5.41) is 12.7. The van der Waals surface area contributed by atoms with Gasteiger partial charge in [0, 0.05) is 31.4 Å². The number of aliphatic hydroxyl groups excluding tert-OH is 1. The molecule has 194 valence electrons. The van der Waals surface area contributed by atoms with Crippen LogP contribution in [0.5, 0.6) is 0 Å². The second-order valence-corrected chi connectivity index (χ2v) is 11.2. The zero-order valence-corrected chi connectivity index (χ0v) is 20.7. The van der Waals surface area contributed by atoms with E-state index >= 15 is 0 Å². The molecule has 0 unspecified atom stereocenters. The molecule has 0 atom stereocenters. The molecule has 2 aromatic heterocycles. The van der Waals surface area contributed by atoms with E-state index in [9.17, 15) is 23.5 Å². The Kier molecular flexibility index (Phi) is 5.78. The smallest absolute Gasteiger partial charge is 0.257 e. The lowest BCUT2D eigenvalue weighted by molar-refractivity contribution is -0.0167. The van der Waals surface area contributed by atoms with E-state index in [4.69, 9.17) is 0 Å². The predicted molar refractivity (Wildman–Crippen MR) is 136 cm³/mol. The summed E-state index contributed by atoms with van der Waals surface area (Å²) >= 11 is 0. The summed E-state index contributed by atoms with van der Waals surface area (Å²) in [4.78, 5) is 33.5. The van der Waals surface area contributed by atoms with Gasteiger partial charge >= 0.3 is 0 Å². The highest BCUT2D eigenvalue weighted by atomic mass is 19.1. The first-order valence-electron chi connectivity index (χ1n) is 12.9. The fraction of sp³-hybridized carbons (Fsp3) is 0.464. The Balaban J connectivity index is 1.46. The van der Waals surface area contributed by atoms with Crippen LogP contribution in [-0.2, 0) is 0 Å². The van der Waals surface area contributed by atoms with Crippen molar-refractivity contribution in [2.24, 2.45) is 17.8 Å². The van der Waals surface area contributed by atoms with Crippen molar-refractivity contribution in [3.05, 3.63) is 63.9 Å². The molecule has 1 amide bonds. The van der Waals surface area contributed by atoms with Crippen molar-refractivity contribution in [3.63, 3.8) is 0 Å². The molecule has 4 fully saturated rings.